The molecule has 0 saturated heterocycles. The first-order valence-corrected chi connectivity index (χ1v) is 6.69. The fraction of sp³-hybridized carbons (Fsp3) is 0.500. The van der Waals surface area contributed by atoms with Gasteiger partial charge in [-0.1, -0.05) is 25.4 Å². The zero-order valence-electron chi connectivity index (χ0n) is 11.2. The van der Waals surface area contributed by atoms with Gasteiger partial charge in [-0.3, -0.25) is 4.79 Å². The lowest BCUT2D eigenvalue weighted by atomic mass is 10.2. The third-order valence-electron chi connectivity index (χ3n) is 2.38. The summed E-state index contributed by atoms with van der Waals surface area (Å²) in [5.41, 5.74) is -0.0319. The number of hydrogen-bond donors (Lipinski definition) is 1. The molecule has 1 rings (SSSR count). The average molecular weight is 288 g/mol. The fourth-order valence-corrected chi connectivity index (χ4v) is 1.63. The molecule has 0 bridgehead atoms. The zero-order chi connectivity index (χ0) is 14.3. The van der Waals surface area contributed by atoms with Crippen molar-refractivity contribution in [3.05, 3.63) is 34.6 Å². The molecule has 0 spiro atoms. The van der Waals surface area contributed by atoms with Crippen molar-refractivity contribution in [3.63, 3.8) is 0 Å². The van der Waals surface area contributed by atoms with E-state index in [0.29, 0.717) is 37.1 Å². The topological polar surface area (TPSA) is 38.3 Å². The van der Waals surface area contributed by atoms with Crippen molar-refractivity contribution in [1.29, 1.82) is 0 Å². The number of benzene rings is 1. The Balaban J connectivity index is 2.29. The molecule has 5 heteroatoms. The highest BCUT2D eigenvalue weighted by atomic mass is 35.5. The number of halogens is 2. The molecule has 0 aliphatic heterocycles. The second kappa shape index (κ2) is 8.12. The van der Waals surface area contributed by atoms with E-state index in [-0.39, 0.29) is 5.56 Å². The van der Waals surface area contributed by atoms with Crippen LogP contribution in [0.5, 0.6) is 0 Å². The lowest BCUT2D eigenvalue weighted by Crippen LogP contribution is -2.26. The van der Waals surface area contributed by atoms with Gasteiger partial charge in [0, 0.05) is 24.8 Å². The van der Waals surface area contributed by atoms with E-state index in [9.17, 15) is 9.18 Å². The Hall–Kier alpha value is -1.13. The zero-order valence-corrected chi connectivity index (χ0v) is 12.0. The molecule has 0 aromatic heterocycles. The van der Waals surface area contributed by atoms with E-state index in [0.717, 1.165) is 0 Å². The van der Waals surface area contributed by atoms with Crippen LogP contribution in [0.1, 0.15) is 30.6 Å². The van der Waals surface area contributed by atoms with E-state index in [1.54, 1.807) is 0 Å². The minimum absolute atomic E-state index is 0.0319. The Labute approximate surface area is 118 Å². The van der Waals surface area contributed by atoms with Crippen molar-refractivity contribution in [2.75, 3.05) is 19.8 Å². The van der Waals surface area contributed by atoms with Crippen LogP contribution >= 0.6 is 11.6 Å². The maximum absolute atomic E-state index is 13.4. The molecule has 0 radical (unpaired) electrons. The van der Waals surface area contributed by atoms with Crippen molar-refractivity contribution >= 4 is 17.5 Å². The molecule has 1 aromatic carbocycles. The Morgan fingerprint density at radius 2 is 2.21 bits per heavy atom. The highest BCUT2D eigenvalue weighted by Crippen LogP contribution is 2.14. The van der Waals surface area contributed by atoms with Crippen LogP contribution in [0.3, 0.4) is 0 Å². The number of carbonyl (C=O) groups is 1. The summed E-state index contributed by atoms with van der Waals surface area (Å²) in [5.74, 6) is -0.531. The van der Waals surface area contributed by atoms with Gasteiger partial charge in [-0.25, -0.2) is 4.39 Å². The molecule has 0 atom stereocenters. The van der Waals surface area contributed by atoms with Gasteiger partial charge in [-0.15, -0.1) is 0 Å². The molecule has 0 aliphatic rings. The molecule has 3 nitrogen and oxygen atoms in total. The number of nitrogens with one attached hydrogen (secondary N) is 1. The van der Waals surface area contributed by atoms with Gasteiger partial charge in [-0.2, -0.15) is 0 Å². The minimum Gasteiger partial charge on any atom is -0.381 e. The third kappa shape index (κ3) is 6.03. The lowest BCUT2D eigenvalue weighted by molar-refractivity contribution is 0.0921. The van der Waals surface area contributed by atoms with E-state index >= 15 is 0 Å². The first kappa shape index (κ1) is 15.9. The first-order valence-electron chi connectivity index (χ1n) is 6.31. The maximum atomic E-state index is 13.4. The molecule has 1 amide bonds. The first-order chi connectivity index (χ1) is 9.00. The fourth-order valence-electron chi connectivity index (χ4n) is 1.46. The standard InChI is InChI=1S/C14H19ClFNO2/c1-10(2)9-19-7-3-6-17-14(18)12-8-11(15)4-5-13(12)16/h4-5,8,10H,3,6-7,9H2,1-2H3,(H,17,18). The summed E-state index contributed by atoms with van der Waals surface area (Å²) < 4.78 is 18.8. The summed E-state index contributed by atoms with van der Waals surface area (Å²) in [7, 11) is 0. The number of amides is 1. The van der Waals surface area contributed by atoms with Crippen molar-refractivity contribution < 1.29 is 13.9 Å². The van der Waals surface area contributed by atoms with Gasteiger partial charge in [0.2, 0.25) is 0 Å². The van der Waals surface area contributed by atoms with Gasteiger partial charge in [0.25, 0.3) is 5.91 Å². The van der Waals surface area contributed by atoms with E-state index in [2.05, 4.69) is 19.2 Å². The molecule has 106 valence electrons. The van der Waals surface area contributed by atoms with Crippen LogP contribution in [0.2, 0.25) is 5.02 Å². The molecule has 0 unspecified atom stereocenters. The Bertz CT molecular complexity index is 424. The van der Waals surface area contributed by atoms with Crippen LogP contribution in [-0.4, -0.2) is 25.7 Å². The van der Waals surface area contributed by atoms with E-state index < -0.39 is 11.7 Å². The van der Waals surface area contributed by atoms with Crippen LogP contribution in [0, 0.1) is 11.7 Å². The summed E-state index contributed by atoms with van der Waals surface area (Å²) in [6.07, 6.45) is 0.695. The molecular formula is C14H19ClFNO2. The molecule has 1 aromatic rings. The summed E-state index contributed by atoms with van der Waals surface area (Å²) in [6.45, 7) is 5.88. The molecule has 0 saturated carbocycles. The molecule has 0 heterocycles. The van der Waals surface area contributed by atoms with E-state index in [4.69, 9.17) is 16.3 Å². The molecule has 19 heavy (non-hydrogen) atoms. The summed E-state index contributed by atoms with van der Waals surface area (Å²) in [5, 5.41) is 2.98. The van der Waals surface area contributed by atoms with Gasteiger partial charge in [0.05, 0.1) is 5.56 Å². The van der Waals surface area contributed by atoms with Gasteiger partial charge in [-0.05, 0) is 30.5 Å². The Kier molecular flexibility index (Phi) is 6.81. The number of carbonyl (C=O) groups excluding carboxylic acids is 1. The molecule has 0 fully saturated rings. The molecule has 0 aliphatic carbocycles. The van der Waals surface area contributed by atoms with Gasteiger partial charge >= 0.3 is 0 Å². The second-order valence-electron chi connectivity index (χ2n) is 4.70. The number of hydrogen-bond acceptors (Lipinski definition) is 2. The quantitative estimate of drug-likeness (QED) is 0.782. The van der Waals surface area contributed by atoms with E-state index in [1.165, 1.54) is 18.2 Å². The highest BCUT2D eigenvalue weighted by Gasteiger charge is 2.11. The van der Waals surface area contributed by atoms with E-state index in [1.807, 2.05) is 0 Å². The van der Waals surface area contributed by atoms with Gasteiger partial charge in [0.1, 0.15) is 5.82 Å². The summed E-state index contributed by atoms with van der Waals surface area (Å²) >= 11 is 5.73. The Morgan fingerprint density at radius 3 is 2.89 bits per heavy atom. The van der Waals surface area contributed by atoms with Gasteiger partial charge in [0.15, 0.2) is 0 Å². The van der Waals surface area contributed by atoms with Crippen LogP contribution in [0.25, 0.3) is 0 Å². The summed E-state index contributed by atoms with van der Waals surface area (Å²) in [6, 6.07) is 3.91. The molecular weight excluding hydrogens is 269 g/mol. The lowest BCUT2D eigenvalue weighted by Gasteiger charge is -2.08. The Morgan fingerprint density at radius 1 is 1.47 bits per heavy atom. The van der Waals surface area contributed by atoms with Crippen LogP contribution in [0.4, 0.5) is 4.39 Å². The third-order valence-corrected chi connectivity index (χ3v) is 2.61. The predicted molar refractivity (Wildman–Crippen MR) is 74.0 cm³/mol. The normalized spacial score (nSPS) is 10.8. The van der Waals surface area contributed by atoms with Crippen LogP contribution in [0.15, 0.2) is 18.2 Å². The molecule has 1 N–H and O–H groups in total. The van der Waals surface area contributed by atoms with Gasteiger partial charge < -0.3 is 10.1 Å². The SMILES string of the molecule is CC(C)COCCCNC(=O)c1cc(Cl)ccc1F. The predicted octanol–water partition coefficient (Wildman–Crippen LogP) is 3.27. The van der Waals surface area contributed by atoms with Crippen LogP contribution < -0.4 is 5.32 Å². The van der Waals surface area contributed by atoms with Crippen molar-refractivity contribution in [2.45, 2.75) is 20.3 Å². The van der Waals surface area contributed by atoms with Crippen molar-refractivity contribution in [2.24, 2.45) is 5.92 Å². The minimum atomic E-state index is -0.571. The summed E-state index contributed by atoms with van der Waals surface area (Å²) in [4.78, 5) is 11.7. The highest BCUT2D eigenvalue weighted by molar-refractivity contribution is 6.30. The second-order valence-corrected chi connectivity index (χ2v) is 5.14. The van der Waals surface area contributed by atoms with Crippen molar-refractivity contribution in [1.82, 2.24) is 5.32 Å². The maximum Gasteiger partial charge on any atom is 0.254 e. The number of ether oxygens (including phenoxy) is 1. The number of rotatable bonds is 7. The smallest absolute Gasteiger partial charge is 0.254 e. The van der Waals surface area contributed by atoms with Crippen molar-refractivity contribution in [3.8, 4) is 0 Å². The average Bonchev–Trinajstić information content (AvgIpc) is 2.36. The van der Waals surface area contributed by atoms with Crippen LogP contribution in [-0.2, 0) is 4.74 Å². The monoisotopic (exact) mass is 287 g/mol. The largest absolute Gasteiger partial charge is 0.381 e.